The molecule has 4 aromatic rings. The Morgan fingerprint density at radius 3 is 2.57 bits per heavy atom. The van der Waals surface area contributed by atoms with Gasteiger partial charge in [-0.25, -0.2) is 14.4 Å². The molecular weight excluding hydrogens is 381 g/mol. The molecule has 0 bridgehead atoms. The summed E-state index contributed by atoms with van der Waals surface area (Å²) in [6.07, 6.45) is 9.38. The van der Waals surface area contributed by atoms with Crippen molar-refractivity contribution in [2.45, 2.75) is 32.2 Å². The van der Waals surface area contributed by atoms with Crippen LogP contribution in [0.1, 0.15) is 25.0 Å². The maximum absolute atomic E-state index is 13.5. The Balaban J connectivity index is 1.64. The number of fused-ring (bicyclic) bond motifs is 1. The first kappa shape index (κ1) is 18.5. The third-order valence-corrected chi connectivity index (χ3v) is 5.85. The zero-order valence-electron chi connectivity index (χ0n) is 16.5. The molecule has 0 atom stereocenters. The van der Waals surface area contributed by atoms with Crippen LogP contribution < -0.4 is 5.73 Å². The Kier molecular flexibility index (Phi) is 4.58. The fraction of sp³-hybridized carbons (Fsp3) is 0.261. The van der Waals surface area contributed by atoms with Crippen LogP contribution in [0.5, 0.6) is 0 Å². The van der Waals surface area contributed by atoms with E-state index in [2.05, 4.69) is 14.5 Å². The van der Waals surface area contributed by atoms with Crippen LogP contribution in [-0.2, 0) is 17.8 Å². The minimum atomic E-state index is -0.399. The number of aromatic nitrogens is 4. The van der Waals surface area contributed by atoms with Gasteiger partial charge in [0.25, 0.3) is 0 Å². The maximum Gasteiger partial charge on any atom is 0.223 e. The number of hydrogen-bond acceptors (Lipinski definition) is 3. The SMILES string of the molecule is NC(=O)Cc1cnc2ccc(-c3c(-c4ccc(F)cc4)ncn3CC3CCC3)cn12. The summed E-state index contributed by atoms with van der Waals surface area (Å²) in [5.74, 6) is -0.0178. The molecule has 0 radical (unpaired) electrons. The van der Waals surface area contributed by atoms with Crippen molar-refractivity contribution >= 4 is 11.6 Å². The zero-order valence-corrected chi connectivity index (χ0v) is 16.5. The second kappa shape index (κ2) is 7.40. The highest BCUT2D eigenvalue weighted by Crippen LogP contribution is 2.35. The van der Waals surface area contributed by atoms with Crippen molar-refractivity contribution in [3.63, 3.8) is 0 Å². The molecule has 0 spiro atoms. The lowest BCUT2D eigenvalue weighted by molar-refractivity contribution is -0.117. The van der Waals surface area contributed by atoms with E-state index in [1.807, 2.05) is 29.1 Å². The fourth-order valence-corrected chi connectivity index (χ4v) is 4.08. The van der Waals surface area contributed by atoms with E-state index in [9.17, 15) is 9.18 Å². The van der Waals surface area contributed by atoms with Gasteiger partial charge in [-0.15, -0.1) is 0 Å². The second-order valence-corrected chi connectivity index (χ2v) is 7.94. The normalized spacial score (nSPS) is 14.2. The molecule has 7 heteroatoms. The Hall–Kier alpha value is -3.48. The highest BCUT2D eigenvalue weighted by Gasteiger charge is 2.22. The number of amides is 1. The van der Waals surface area contributed by atoms with Crippen molar-refractivity contribution in [3.8, 4) is 22.5 Å². The molecule has 1 aliphatic rings. The summed E-state index contributed by atoms with van der Waals surface area (Å²) in [4.78, 5) is 20.5. The third kappa shape index (κ3) is 3.36. The molecule has 2 N–H and O–H groups in total. The van der Waals surface area contributed by atoms with E-state index in [4.69, 9.17) is 5.73 Å². The number of pyridine rings is 1. The van der Waals surface area contributed by atoms with Gasteiger partial charge in [-0.1, -0.05) is 6.42 Å². The molecule has 0 aliphatic heterocycles. The molecule has 1 aliphatic carbocycles. The zero-order chi connectivity index (χ0) is 20.7. The molecule has 152 valence electrons. The minimum Gasteiger partial charge on any atom is -0.369 e. The van der Waals surface area contributed by atoms with Crippen LogP contribution in [0.15, 0.2) is 55.1 Å². The van der Waals surface area contributed by atoms with Crippen molar-refractivity contribution in [3.05, 3.63) is 66.6 Å². The lowest BCUT2D eigenvalue weighted by Gasteiger charge is -2.26. The minimum absolute atomic E-state index is 0.122. The molecule has 1 aromatic carbocycles. The van der Waals surface area contributed by atoms with Gasteiger partial charge in [0.1, 0.15) is 11.5 Å². The Morgan fingerprint density at radius 1 is 1.10 bits per heavy atom. The molecule has 1 saturated carbocycles. The van der Waals surface area contributed by atoms with Gasteiger partial charge >= 0.3 is 0 Å². The number of nitrogens with zero attached hydrogens (tertiary/aromatic N) is 4. The Bertz CT molecular complexity index is 1220. The van der Waals surface area contributed by atoms with Gasteiger partial charge in [-0.3, -0.25) is 4.79 Å². The molecule has 30 heavy (non-hydrogen) atoms. The molecule has 1 amide bonds. The largest absolute Gasteiger partial charge is 0.369 e. The molecule has 5 rings (SSSR count). The number of benzene rings is 1. The molecule has 0 saturated heterocycles. The third-order valence-electron chi connectivity index (χ3n) is 5.85. The van der Waals surface area contributed by atoms with E-state index in [-0.39, 0.29) is 12.2 Å². The number of hydrogen-bond donors (Lipinski definition) is 1. The summed E-state index contributed by atoms with van der Waals surface area (Å²) in [6, 6.07) is 10.3. The van der Waals surface area contributed by atoms with E-state index in [1.54, 1.807) is 18.3 Å². The summed E-state index contributed by atoms with van der Waals surface area (Å²) in [6.45, 7) is 0.902. The van der Waals surface area contributed by atoms with Crippen molar-refractivity contribution < 1.29 is 9.18 Å². The lowest BCUT2D eigenvalue weighted by atomic mass is 9.85. The van der Waals surface area contributed by atoms with E-state index < -0.39 is 5.91 Å². The first-order valence-corrected chi connectivity index (χ1v) is 10.1. The van der Waals surface area contributed by atoms with E-state index >= 15 is 0 Å². The average Bonchev–Trinajstić information content (AvgIpc) is 3.29. The van der Waals surface area contributed by atoms with Gasteiger partial charge in [-0.2, -0.15) is 0 Å². The van der Waals surface area contributed by atoms with Crippen LogP contribution in [0.2, 0.25) is 0 Å². The number of imidazole rings is 2. The van der Waals surface area contributed by atoms with Crippen LogP contribution in [0.4, 0.5) is 4.39 Å². The average molecular weight is 403 g/mol. The van der Waals surface area contributed by atoms with Crippen molar-refractivity contribution in [2.75, 3.05) is 0 Å². The number of nitrogens with two attached hydrogens (primary N) is 1. The number of halogens is 1. The summed E-state index contributed by atoms with van der Waals surface area (Å²) in [7, 11) is 0. The Labute approximate surface area is 173 Å². The van der Waals surface area contributed by atoms with Gasteiger partial charge < -0.3 is 14.7 Å². The highest BCUT2D eigenvalue weighted by atomic mass is 19.1. The summed E-state index contributed by atoms with van der Waals surface area (Å²) < 4.78 is 17.6. The summed E-state index contributed by atoms with van der Waals surface area (Å²) in [5, 5.41) is 0. The van der Waals surface area contributed by atoms with Gasteiger partial charge in [0.15, 0.2) is 0 Å². The monoisotopic (exact) mass is 403 g/mol. The second-order valence-electron chi connectivity index (χ2n) is 7.94. The smallest absolute Gasteiger partial charge is 0.223 e. The standard InChI is InChI=1S/C23H22FN5O/c24-18-7-4-16(5-8-18)22-23(28(14-27-22)12-15-2-1-3-15)17-6-9-21-26-11-19(10-20(25)30)29(21)13-17/h4-9,11,13-15H,1-3,10,12H2,(H2,25,30). The van der Waals surface area contributed by atoms with E-state index in [1.165, 1.54) is 31.4 Å². The topological polar surface area (TPSA) is 78.2 Å². The van der Waals surface area contributed by atoms with Crippen molar-refractivity contribution in [2.24, 2.45) is 11.7 Å². The predicted molar refractivity (Wildman–Crippen MR) is 112 cm³/mol. The quantitative estimate of drug-likeness (QED) is 0.531. The van der Waals surface area contributed by atoms with Crippen molar-refractivity contribution in [1.82, 2.24) is 18.9 Å². The summed E-state index contributed by atoms with van der Waals surface area (Å²) in [5.41, 5.74) is 10.5. The molecule has 1 fully saturated rings. The van der Waals surface area contributed by atoms with Crippen LogP contribution in [0.3, 0.4) is 0 Å². The molecule has 6 nitrogen and oxygen atoms in total. The number of carbonyl (C=O) groups is 1. The van der Waals surface area contributed by atoms with Gasteiger partial charge in [0, 0.05) is 30.1 Å². The van der Waals surface area contributed by atoms with Crippen LogP contribution in [0, 0.1) is 11.7 Å². The van der Waals surface area contributed by atoms with Gasteiger partial charge in [-0.05, 0) is 55.2 Å². The van der Waals surface area contributed by atoms with Gasteiger partial charge in [0.05, 0.1) is 29.8 Å². The molecular formula is C23H22FN5O. The van der Waals surface area contributed by atoms with E-state index in [0.717, 1.165) is 40.4 Å². The molecule has 3 aromatic heterocycles. The number of rotatable bonds is 6. The van der Waals surface area contributed by atoms with Crippen LogP contribution in [-0.4, -0.2) is 24.8 Å². The first-order valence-electron chi connectivity index (χ1n) is 10.1. The number of primary amides is 1. The summed E-state index contributed by atoms with van der Waals surface area (Å²) >= 11 is 0. The van der Waals surface area contributed by atoms with Crippen LogP contribution in [0.25, 0.3) is 28.2 Å². The van der Waals surface area contributed by atoms with E-state index in [0.29, 0.717) is 5.92 Å². The lowest BCUT2D eigenvalue weighted by Crippen LogP contribution is -2.18. The van der Waals surface area contributed by atoms with Gasteiger partial charge in [0.2, 0.25) is 5.91 Å². The fourth-order valence-electron chi connectivity index (χ4n) is 4.08. The number of carbonyl (C=O) groups excluding carboxylic acids is 1. The van der Waals surface area contributed by atoms with Crippen molar-refractivity contribution in [1.29, 1.82) is 0 Å². The maximum atomic E-state index is 13.5. The van der Waals surface area contributed by atoms with Crippen LogP contribution >= 0.6 is 0 Å². The molecule has 0 unspecified atom stereocenters. The molecule has 3 heterocycles. The predicted octanol–water partition coefficient (Wildman–Crippen LogP) is 3.83. The first-order chi connectivity index (χ1) is 14.6. The Morgan fingerprint density at radius 2 is 1.87 bits per heavy atom. The highest BCUT2D eigenvalue weighted by molar-refractivity contribution is 5.79.